The van der Waals surface area contributed by atoms with Crippen LogP contribution in [0, 0.1) is 0 Å². The molecule has 0 aliphatic heterocycles. The molecular formula is C22H21ClF3N3O4. The average Bonchev–Trinajstić information content (AvgIpc) is 3.16. The molecule has 0 radical (unpaired) electrons. The van der Waals surface area contributed by atoms with Gasteiger partial charge in [-0.3, -0.25) is 9.59 Å². The van der Waals surface area contributed by atoms with Gasteiger partial charge in [0, 0.05) is 19.8 Å². The molecule has 0 saturated heterocycles. The van der Waals surface area contributed by atoms with E-state index in [4.69, 9.17) is 4.74 Å². The lowest BCUT2D eigenvalue weighted by atomic mass is 10.0. The molecule has 3 rings (SSSR count). The lowest BCUT2D eigenvalue weighted by Crippen LogP contribution is -2.23. The zero-order valence-electron chi connectivity index (χ0n) is 17.6. The van der Waals surface area contributed by atoms with Gasteiger partial charge >= 0.3 is 6.18 Å². The molecule has 0 saturated carbocycles. The first-order valence-corrected chi connectivity index (χ1v) is 9.47. The highest BCUT2D eigenvalue weighted by Gasteiger charge is 2.39. The predicted octanol–water partition coefficient (Wildman–Crippen LogP) is 4.28. The number of hydrogen-bond acceptors (Lipinski definition) is 5. The number of amides is 1. The Kier molecular flexibility index (Phi) is 8.10. The van der Waals surface area contributed by atoms with Crippen molar-refractivity contribution in [3.8, 4) is 11.5 Å². The van der Waals surface area contributed by atoms with Crippen LogP contribution in [-0.4, -0.2) is 26.3 Å². The summed E-state index contributed by atoms with van der Waals surface area (Å²) in [5.41, 5.74) is -0.177. The molecule has 33 heavy (non-hydrogen) atoms. The van der Waals surface area contributed by atoms with E-state index in [-0.39, 0.29) is 37.2 Å². The van der Waals surface area contributed by atoms with Crippen LogP contribution in [-0.2, 0) is 26.4 Å². The number of nitrogens with zero attached hydrogens (tertiary/aromatic N) is 2. The Labute approximate surface area is 193 Å². The normalized spacial score (nSPS) is 10.9. The quantitative estimate of drug-likeness (QED) is 0.489. The second kappa shape index (κ2) is 10.4. The average molecular weight is 484 g/mol. The molecule has 0 atom stereocenters. The third kappa shape index (κ3) is 6.26. The van der Waals surface area contributed by atoms with Gasteiger partial charge in [-0.1, -0.05) is 24.3 Å². The molecule has 11 heteroatoms. The van der Waals surface area contributed by atoms with Crippen molar-refractivity contribution in [1.29, 1.82) is 0 Å². The number of phenolic OH excluding ortho intramolecular Hbond substituents is 1. The van der Waals surface area contributed by atoms with Crippen molar-refractivity contribution >= 4 is 24.1 Å². The van der Waals surface area contributed by atoms with Crippen LogP contribution in [0.2, 0.25) is 0 Å². The minimum absolute atomic E-state index is 0. The van der Waals surface area contributed by atoms with Crippen molar-refractivity contribution in [3.63, 3.8) is 0 Å². The molecule has 2 aromatic carbocycles. The number of aromatic nitrogens is 2. The van der Waals surface area contributed by atoms with E-state index in [9.17, 15) is 27.9 Å². The summed E-state index contributed by atoms with van der Waals surface area (Å²) in [6.07, 6.45) is -1.80. The number of halogens is 4. The first-order chi connectivity index (χ1) is 15.1. The first kappa shape index (κ1) is 25.7. The van der Waals surface area contributed by atoms with E-state index in [1.807, 2.05) is 0 Å². The Morgan fingerprint density at radius 2 is 1.76 bits per heavy atom. The maximum absolute atomic E-state index is 13.4. The van der Waals surface area contributed by atoms with Crippen molar-refractivity contribution in [1.82, 2.24) is 14.9 Å². The number of hydrogen-bond donors (Lipinski definition) is 2. The second-order valence-corrected chi connectivity index (χ2v) is 7.10. The molecule has 0 bridgehead atoms. The molecule has 7 nitrogen and oxygen atoms in total. The third-order valence-electron chi connectivity index (χ3n) is 4.61. The largest absolute Gasteiger partial charge is 0.506 e. The summed E-state index contributed by atoms with van der Waals surface area (Å²) in [4.78, 5) is 27.4. The van der Waals surface area contributed by atoms with E-state index in [0.717, 1.165) is 24.6 Å². The molecule has 2 N–H and O–H groups in total. The SMILES string of the molecule is CC(=O)c1ccc(OCc2ccc(CNC(=O)c3cn(C)cn3)cc2)c(C(F)(F)F)c1O.Cl. The van der Waals surface area contributed by atoms with Crippen LogP contribution in [0.15, 0.2) is 48.9 Å². The highest BCUT2D eigenvalue weighted by molar-refractivity contribution is 5.97. The summed E-state index contributed by atoms with van der Waals surface area (Å²) in [6, 6.07) is 8.83. The van der Waals surface area contributed by atoms with Crippen LogP contribution >= 0.6 is 12.4 Å². The van der Waals surface area contributed by atoms with Gasteiger partial charge in [0.25, 0.3) is 5.91 Å². The van der Waals surface area contributed by atoms with Gasteiger partial charge < -0.3 is 19.7 Å². The second-order valence-electron chi connectivity index (χ2n) is 7.10. The number of aryl methyl sites for hydroxylation is 1. The molecule has 0 unspecified atom stereocenters. The maximum Gasteiger partial charge on any atom is 0.423 e. The zero-order chi connectivity index (χ0) is 23.5. The summed E-state index contributed by atoms with van der Waals surface area (Å²) in [6.45, 7) is 1.12. The van der Waals surface area contributed by atoms with Crippen LogP contribution in [0.1, 0.15) is 44.5 Å². The minimum Gasteiger partial charge on any atom is -0.506 e. The van der Waals surface area contributed by atoms with E-state index in [2.05, 4.69) is 10.3 Å². The highest BCUT2D eigenvalue weighted by Crippen LogP contribution is 2.44. The van der Waals surface area contributed by atoms with E-state index < -0.39 is 34.6 Å². The first-order valence-electron chi connectivity index (χ1n) is 9.47. The fraction of sp³-hybridized carbons (Fsp3) is 0.227. The Balaban J connectivity index is 0.00000385. The monoisotopic (exact) mass is 483 g/mol. The van der Waals surface area contributed by atoms with E-state index in [0.29, 0.717) is 5.56 Å². The number of carbonyl (C=O) groups excluding carboxylic acids is 2. The zero-order valence-corrected chi connectivity index (χ0v) is 18.5. The number of ketones is 1. The van der Waals surface area contributed by atoms with Crippen LogP contribution in [0.5, 0.6) is 11.5 Å². The summed E-state index contributed by atoms with van der Waals surface area (Å²) >= 11 is 0. The fourth-order valence-electron chi connectivity index (χ4n) is 2.97. The lowest BCUT2D eigenvalue weighted by molar-refractivity contribution is -0.140. The molecule has 0 fully saturated rings. The molecule has 1 amide bonds. The third-order valence-corrected chi connectivity index (χ3v) is 4.61. The van der Waals surface area contributed by atoms with Crippen LogP contribution in [0.4, 0.5) is 13.2 Å². The van der Waals surface area contributed by atoms with Crippen molar-refractivity contribution in [2.24, 2.45) is 7.05 Å². The Morgan fingerprint density at radius 3 is 2.30 bits per heavy atom. The molecule has 3 aromatic rings. The number of rotatable bonds is 7. The van der Waals surface area contributed by atoms with Gasteiger partial charge in [0.05, 0.1) is 11.9 Å². The molecule has 0 aliphatic carbocycles. The van der Waals surface area contributed by atoms with Crippen molar-refractivity contribution in [2.45, 2.75) is 26.3 Å². The summed E-state index contributed by atoms with van der Waals surface area (Å²) < 4.78 is 47.2. The number of imidazole rings is 1. The molecule has 1 aromatic heterocycles. The van der Waals surface area contributed by atoms with Gasteiger partial charge in [0.1, 0.15) is 29.4 Å². The van der Waals surface area contributed by atoms with Crippen LogP contribution in [0.3, 0.4) is 0 Å². The standard InChI is InChI=1S/C22H20F3N3O4.ClH/c1-13(29)16-7-8-18(19(20(16)30)22(23,24)25)32-11-15-5-3-14(4-6-15)9-26-21(31)17-10-28(2)12-27-17;/h3-8,10,12,30H,9,11H2,1-2H3,(H,26,31);1H. The minimum atomic E-state index is -4.90. The highest BCUT2D eigenvalue weighted by atomic mass is 35.5. The number of benzene rings is 2. The Hall–Kier alpha value is -3.53. The van der Waals surface area contributed by atoms with Gasteiger partial charge in [-0.2, -0.15) is 13.2 Å². The van der Waals surface area contributed by atoms with Gasteiger partial charge in [0.15, 0.2) is 5.78 Å². The number of alkyl halides is 3. The van der Waals surface area contributed by atoms with Gasteiger partial charge in [0.2, 0.25) is 0 Å². The molecular weight excluding hydrogens is 463 g/mol. The topological polar surface area (TPSA) is 93.5 Å². The number of aromatic hydroxyl groups is 1. The fourth-order valence-corrected chi connectivity index (χ4v) is 2.97. The Morgan fingerprint density at radius 1 is 1.12 bits per heavy atom. The van der Waals surface area contributed by atoms with Gasteiger partial charge in [-0.25, -0.2) is 4.98 Å². The van der Waals surface area contributed by atoms with Gasteiger partial charge in [-0.15, -0.1) is 12.4 Å². The summed E-state index contributed by atoms with van der Waals surface area (Å²) in [5.74, 6) is -2.75. The predicted molar refractivity (Wildman–Crippen MR) is 116 cm³/mol. The molecule has 0 aliphatic rings. The van der Waals surface area contributed by atoms with E-state index >= 15 is 0 Å². The van der Waals surface area contributed by atoms with E-state index in [1.54, 1.807) is 42.1 Å². The summed E-state index contributed by atoms with van der Waals surface area (Å²) in [5, 5.41) is 12.7. The van der Waals surface area contributed by atoms with Crippen molar-refractivity contribution in [3.05, 3.63) is 76.9 Å². The summed E-state index contributed by atoms with van der Waals surface area (Å²) in [7, 11) is 1.75. The van der Waals surface area contributed by atoms with Crippen molar-refractivity contribution < 1.29 is 32.6 Å². The van der Waals surface area contributed by atoms with E-state index in [1.165, 1.54) is 6.33 Å². The van der Waals surface area contributed by atoms with Crippen LogP contribution < -0.4 is 10.1 Å². The van der Waals surface area contributed by atoms with Gasteiger partial charge in [-0.05, 0) is 30.2 Å². The molecule has 1 heterocycles. The lowest BCUT2D eigenvalue weighted by Gasteiger charge is -2.17. The smallest absolute Gasteiger partial charge is 0.423 e. The number of Topliss-reactive ketones (excluding diaryl/α,β-unsaturated/α-hetero) is 1. The van der Waals surface area contributed by atoms with Crippen LogP contribution in [0.25, 0.3) is 0 Å². The molecule has 176 valence electrons. The van der Waals surface area contributed by atoms with Crippen molar-refractivity contribution in [2.75, 3.05) is 0 Å². The Bertz CT molecular complexity index is 1140. The number of carbonyl (C=O) groups is 2. The number of ether oxygens (including phenoxy) is 1. The number of nitrogens with one attached hydrogen (secondary N) is 1. The number of phenols is 1. The maximum atomic E-state index is 13.4. The molecule has 0 spiro atoms.